The second kappa shape index (κ2) is 7.10. The molecule has 2 aromatic rings. The highest BCUT2D eigenvalue weighted by Gasteiger charge is 2.36. The molecule has 134 valence electrons. The van der Waals surface area contributed by atoms with Crippen LogP contribution < -0.4 is 10.9 Å². The van der Waals surface area contributed by atoms with Crippen molar-refractivity contribution in [1.29, 1.82) is 5.26 Å². The van der Waals surface area contributed by atoms with Crippen molar-refractivity contribution in [2.75, 3.05) is 0 Å². The molecule has 1 atom stereocenters. The van der Waals surface area contributed by atoms with Crippen molar-refractivity contribution < 1.29 is 14.3 Å². The van der Waals surface area contributed by atoms with Crippen LogP contribution in [0.15, 0.2) is 35.1 Å². The van der Waals surface area contributed by atoms with Gasteiger partial charge < -0.3 is 15.4 Å². The molecule has 26 heavy (non-hydrogen) atoms. The van der Waals surface area contributed by atoms with Crippen LogP contribution in [0.5, 0.6) is 0 Å². The fourth-order valence-corrected chi connectivity index (χ4v) is 3.21. The predicted octanol–water partition coefficient (Wildman–Crippen LogP) is 1.94. The van der Waals surface area contributed by atoms with Crippen molar-refractivity contribution in [3.8, 4) is 6.07 Å². The molecule has 1 saturated carbocycles. The van der Waals surface area contributed by atoms with E-state index in [1.807, 2.05) is 0 Å². The summed E-state index contributed by atoms with van der Waals surface area (Å²) in [6.07, 6.45) is 0.673. The van der Waals surface area contributed by atoms with Crippen LogP contribution in [0.25, 0.3) is 0 Å². The summed E-state index contributed by atoms with van der Waals surface area (Å²) < 4.78 is 13.2. The summed E-state index contributed by atoms with van der Waals surface area (Å²) in [5, 5.41) is 21.5. The molecule has 0 saturated heterocycles. The van der Waals surface area contributed by atoms with E-state index in [1.54, 1.807) is 25.1 Å². The van der Waals surface area contributed by atoms with Gasteiger partial charge in [0.25, 0.3) is 11.5 Å². The van der Waals surface area contributed by atoms with E-state index in [1.165, 1.54) is 18.2 Å². The number of halogens is 1. The highest BCUT2D eigenvalue weighted by atomic mass is 19.1. The number of aromatic amines is 1. The Balaban J connectivity index is 1.89. The molecular weight excluding hydrogens is 337 g/mol. The molecule has 7 heteroatoms. The fraction of sp³-hybridized carbons (Fsp3) is 0.316. The monoisotopic (exact) mass is 355 g/mol. The number of H-pyrrole nitrogens is 1. The first kappa shape index (κ1) is 17.8. The number of carbonyl (C=O) groups excluding carboxylic acids is 1. The summed E-state index contributed by atoms with van der Waals surface area (Å²) in [4.78, 5) is 26.9. The highest BCUT2D eigenvalue weighted by Crippen LogP contribution is 2.38. The molecule has 1 aromatic carbocycles. The Kier molecular flexibility index (Phi) is 4.87. The summed E-state index contributed by atoms with van der Waals surface area (Å²) in [6.45, 7) is 1.58. The number of nitriles is 1. The van der Waals surface area contributed by atoms with Gasteiger partial charge in [-0.05, 0) is 49.4 Å². The van der Waals surface area contributed by atoms with Gasteiger partial charge in [0.15, 0.2) is 0 Å². The number of amides is 1. The maximum atomic E-state index is 13.2. The molecule has 0 radical (unpaired) electrons. The summed E-state index contributed by atoms with van der Waals surface area (Å²) in [5.74, 6) is -0.786. The van der Waals surface area contributed by atoms with Crippen LogP contribution in [0.4, 0.5) is 4.39 Å². The molecule has 0 aliphatic heterocycles. The van der Waals surface area contributed by atoms with Crippen LogP contribution in [0.3, 0.4) is 0 Å². The second-order valence-corrected chi connectivity index (χ2v) is 6.55. The van der Waals surface area contributed by atoms with E-state index in [-0.39, 0.29) is 22.9 Å². The van der Waals surface area contributed by atoms with Gasteiger partial charge in [-0.2, -0.15) is 5.26 Å². The number of carbonyl (C=O) groups is 1. The Labute approximate surface area is 149 Å². The second-order valence-electron chi connectivity index (χ2n) is 6.55. The van der Waals surface area contributed by atoms with Crippen molar-refractivity contribution in [2.24, 2.45) is 5.92 Å². The number of aryl methyl sites for hydroxylation is 1. The van der Waals surface area contributed by atoms with E-state index >= 15 is 0 Å². The van der Waals surface area contributed by atoms with Crippen molar-refractivity contribution >= 4 is 5.91 Å². The Morgan fingerprint density at radius 2 is 2.04 bits per heavy atom. The molecule has 1 aliphatic rings. The van der Waals surface area contributed by atoms with Gasteiger partial charge in [0.05, 0.1) is 17.7 Å². The number of rotatable bonds is 4. The van der Waals surface area contributed by atoms with E-state index in [2.05, 4.69) is 10.3 Å². The lowest BCUT2D eigenvalue weighted by atomic mass is 9.75. The molecule has 6 nitrogen and oxygen atoms in total. The molecule has 1 heterocycles. The molecule has 1 fully saturated rings. The molecule has 1 aromatic heterocycles. The summed E-state index contributed by atoms with van der Waals surface area (Å²) in [6, 6.07) is 8.48. The maximum absolute atomic E-state index is 13.2. The van der Waals surface area contributed by atoms with Gasteiger partial charge in [0.2, 0.25) is 0 Å². The zero-order valence-corrected chi connectivity index (χ0v) is 14.1. The average molecular weight is 355 g/mol. The Bertz CT molecular complexity index is 925. The number of hydrogen-bond donors (Lipinski definition) is 3. The molecular formula is C19H18FN3O3. The van der Waals surface area contributed by atoms with Crippen molar-refractivity contribution in [3.63, 3.8) is 0 Å². The highest BCUT2D eigenvalue weighted by molar-refractivity contribution is 5.95. The van der Waals surface area contributed by atoms with E-state index in [9.17, 15) is 19.1 Å². The molecule has 3 N–H and O–H groups in total. The summed E-state index contributed by atoms with van der Waals surface area (Å²) >= 11 is 0. The third-order valence-electron chi connectivity index (χ3n) is 4.74. The van der Waals surface area contributed by atoms with Crippen LogP contribution in [-0.4, -0.2) is 22.1 Å². The van der Waals surface area contributed by atoms with Crippen LogP contribution in [0, 0.1) is 30.0 Å². The lowest BCUT2D eigenvalue weighted by Crippen LogP contribution is -2.41. The van der Waals surface area contributed by atoms with Gasteiger partial charge in [-0.15, -0.1) is 0 Å². The van der Waals surface area contributed by atoms with E-state index in [0.717, 1.165) is 5.56 Å². The number of aromatic nitrogens is 1. The molecule has 1 amide bonds. The molecule has 0 unspecified atom stereocenters. The van der Waals surface area contributed by atoms with Gasteiger partial charge in [-0.25, -0.2) is 4.39 Å². The van der Waals surface area contributed by atoms with Gasteiger partial charge >= 0.3 is 0 Å². The van der Waals surface area contributed by atoms with Gasteiger partial charge in [0.1, 0.15) is 17.4 Å². The maximum Gasteiger partial charge on any atom is 0.266 e. The van der Waals surface area contributed by atoms with Crippen molar-refractivity contribution in [1.82, 2.24) is 10.3 Å². The minimum Gasteiger partial charge on any atom is -0.393 e. The molecule has 0 spiro atoms. The van der Waals surface area contributed by atoms with Gasteiger partial charge in [0, 0.05) is 5.69 Å². The number of hydrogen-bond acceptors (Lipinski definition) is 4. The molecule has 0 bridgehead atoms. The topological polar surface area (TPSA) is 106 Å². The molecule has 3 rings (SSSR count). The first-order valence-corrected chi connectivity index (χ1v) is 8.27. The number of aliphatic hydroxyl groups is 1. The number of nitrogens with one attached hydrogen (secondary N) is 2. The van der Waals surface area contributed by atoms with Crippen LogP contribution in [-0.2, 0) is 0 Å². The van der Waals surface area contributed by atoms with Crippen LogP contribution >= 0.6 is 0 Å². The number of aliphatic hydroxyl groups excluding tert-OH is 1. The standard InChI is InChI=1S/C19H18FN3O3/c1-10-16(8-13(9-21)18(25)22-10)19(26)23-17(12-6-15(24)7-12)11-2-4-14(20)5-3-11/h2-5,8,12,15,17,24H,6-7H2,1H3,(H,22,25)(H,23,26)/t12?,15?,17-/m1/s1. The van der Waals surface area contributed by atoms with E-state index in [0.29, 0.717) is 18.5 Å². The lowest BCUT2D eigenvalue weighted by Gasteiger charge is -2.38. The lowest BCUT2D eigenvalue weighted by molar-refractivity contribution is 0.0235. The molecule has 1 aliphatic carbocycles. The van der Waals surface area contributed by atoms with E-state index in [4.69, 9.17) is 5.26 Å². The Morgan fingerprint density at radius 3 is 2.62 bits per heavy atom. The third-order valence-corrected chi connectivity index (χ3v) is 4.74. The number of nitrogens with zero attached hydrogens (tertiary/aromatic N) is 1. The fourth-order valence-electron chi connectivity index (χ4n) is 3.21. The first-order chi connectivity index (χ1) is 12.4. The Morgan fingerprint density at radius 1 is 1.38 bits per heavy atom. The quantitative estimate of drug-likeness (QED) is 0.779. The first-order valence-electron chi connectivity index (χ1n) is 8.27. The summed E-state index contributed by atoms with van der Waals surface area (Å²) in [5.41, 5.74) is 0.613. The minimum absolute atomic E-state index is 0.0258. The van der Waals surface area contributed by atoms with E-state index < -0.39 is 23.6 Å². The Hall–Kier alpha value is -2.98. The van der Waals surface area contributed by atoms with Crippen molar-refractivity contribution in [2.45, 2.75) is 31.9 Å². The predicted molar refractivity (Wildman–Crippen MR) is 91.9 cm³/mol. The van der Waals surface area contributed by atoms with Gasteiger partial charge in [-0.3, -0.25) is 9.59 Å². The summed E-state index contributed by atoms with van der Waals surface area (Å²) in [7, 11) is 0. The smallest absolute Gasteiger partial charge is 0.266 e. The zero-order chi connectivity index (χ0) is 18.8. The van der Waals surface area contributed by atoms with Crippen LogP contribution in [0.2, 0.25) is 0 Å². The number of benzene rings is 1. The third kappa shape index (κ3) is 3.51. The van der Waals surface area contributed by atoms with Gasteiger partial charge in [-0.1, -0.05) is 12.1 Å². The van der Waals surface area contributed by atoms with Crippen molar-refractivity contribution in [3.05, 3.63) is 68.9 Å². The zero-order valence-electron chi connectivity index (χ0n) is 14.1. The SMILES string of the molecule is Cc1[nH]c(=O)c(C#N)cc1C(=O)N[C@H](c1ccc(F)cc1)C1CC(O)C1. The largest absolute Gasteiger partial charge is 0.393 e. The van der Waals surface area contributed by atoms with Crippen LogP contribution in [0.1, 0.15) is 46.1 Å². The minimum atomic E-state index is -0.543. The number of pyridine rings is 1. The normalized spacial score (nSPS) is 19.9. The average Bonchev–Trinajstić information content (AvgIpc) is 2.58.